The fourth-order valence-electron chi connectivity index (χ4n) is 1.26. The summed E-state index contributed by atoms with van der Waals surface area (Å²) in [5, 5.41) is 8.72. The van der Waals surface area contributed by atoms with Crippen LogP contribution >= 0.6 is 0 Å². The van der Waals surface area contributed by atoms with Crippen molar-refractivity contribution in [3.8, 4) is 11.8 Å². The van der Waals surface area contributed by atoms with Gasteiger partial charge in [0.2, 0.25) is 0 Å². The number of nitrogens with zero attached hydrogens (tertiary/aromatic N) is 2. The van der Waals surface area contributed by atoms with E-state index in [1.807, 2.05) is 6.07 Å². The summed E-state index contributed by atoms with van der Waals surface area (Å²) < 4.78 is 17.9. The molecular formula is C12H13FN2O2. The maximum Gasteiger partial charge on any atom is 0.254 e. The molecule has 0 spiro atoms. The maximum atomic E-state index is 13.2. The first-order valence-electron chi connectivity index (χ1n) is 5.01. The number of nitriles is 1. The molecule has 0 heterocycles. The van der Waals surface area contributed by atoms with Crippen molar-refractivity contribution in [2.24, 2.45) is 0 Å². The van der Waals surface area contributed by atoms with Gasteiger partial charge in [0.25, 0.3) is 5.91 Å². The highest BCUT2D eigenvalue weighted by Gasteiger charge is 2.18. The van der Waals surface area contributed by atoms with E-state index in [-0.39, 0.29) is 17.2 Å². The molecule has 0 bridgehead atoms. The molecule has 0 aromatic heterocycles. The molecule has 0 saturated heterocycles. The summed E-state index contributed by atoms with van der Waals surface area (Å²) in [5.41, 5.74) is 0.285. The Kier molecular flexibility index (Phi) is 4.05. The molecule has 1 rings (SSSR count). The molecule has 90 valence electrons. The molecule has 17 heavy (non-hydrogen) atoms. The highest BCUT2D eigenvalue weighted by Crippen LogP contribution is 2.19. The number of halogens is 1. The first-order chi connectivity index (χ1) is 8.01. The van der Waals surface area contributed by atoms with Crippen LogP contribution in [0, 0.1) is 17.1 Å². The lowest BCUT2D eigenvalue weighted by atomic mass is 10.1. The number of methoxy groups -OCH3 is 1. The SMILES string of the molecule is COc1cc(C(=O)N(C)C(C)C#N)ccc1F. The fourth-order valence-corrected chi connectivity index (χ4v) is 1.26. The van der Waals surface area contributed by atoms with Crippen molar-refractivity contribution < 1.29 is 13.9 Å². The Labute approximate surface area is 99.2 Å². The van der Waals surface area contributed by atoms with Gasteiger partial charge in [0.15, 0.2) is 11.6 Å². The normalized spacial score (nSPS) is 11.5. The minimum absolute atomic E-state index is 0.00820. The van der Waals surface area contributed by atoms with Gasteiger partial charge in [-0.3, -0.25) is 4.79 Å². The summed E-state index contributed by atoms with van der Waals surface area (Å²) in [6.07, 6.45) is 0. The molecule has 0 aliphatic rings. The Morgan fingerprint density at radius 3 is 2.76 bits per heavy atom. The summed E-state index contributed by atoms with van der Waals surface area (Å²) >= 11 is 0. The van der Waals surface area contributed by atoms with E-state index in [9.17, 15) is 9.18 Å². The molecule has 0 aliphatic carbocycles. The van der Waals surface area contributed by atoms with Gasteiger partial charge in [-0.15, -0.1) is 0 Å². The van der Waals surface area contributed by atoms with Gasteiger partial charge in [-0.2, -0.15) is 5.26 Å². The Morgan fingerprint density at radius 2 is 2.24 bits per heavy atom. The largest absolute Gasteiger partial charge is 0.494 e. The van der Waals surface area contributed by atoms with Gasteiger partial charge >= 0.3 is 0 Å². The van der Waals surface area contributed by atoms with Crippen molar-refractivity contribution in [3.63, 3.8) is 0 Å². The van der Waals surface area contributed by atoms with E-state index in [1.54, 1.807) is 6.92 Å². The van der Waals surface area contributed by atoms with E-state index in [1.165, 1.54) is 31.2 Å². The van der Waals surface area contributed by atoms with Crippen LogP contribution in [0.25, 0.3) is 0 Å². The number of benzene rings is 1. The molecule has 1 aromatic carbocycles. The topological polar surface area (TPSA) is 53.3 Å². The van der Waals surface area contributed by atoms with Gasteiger partial charge in [0, 0.05) is 12.6 Å². The van der Waals surface area contributed by atoms with Crippen molar-refractivity contribution in [3.05, 3.63) is 29.6 Å². The third kappa shape index (κ3) is 2.72. The highest BCUT2D eigenvalue weighted by molar-refractivity contribution is 5.94. The molecule has 5 heteroatoms. The van der Waals surface area contributed by atoms with Crippen LogP contribution in [0.1, 0.15) is 17.3 Å². The molecule has 0 radical (unpaired) electrons. The van der Waals surface area contributed by atoms with Crippen molar-refractivity contribution >= 4 is 5.91 Å². The van der Waals surface area contributed by atoms with Crippen molar-refractivity contribution in [1.82, 2.24) is 4.90 Å². The lowest BCUT2D eigenvalue weighted by Gasteiger charge is -2.19. The molecule has 0 N–H and O–H groups in total. The van der Waals surface area contributed by atoms with E-state index >= 15 is 0 Å². The lowest BCUT2D eigenvalue weighted by Crippen LogP contribution is -2.34. The third-order valence-corrected chi connectivity index (χ3v) is 2.49. The molecule has 0 saturated carbocycles. The first-order valence-corrected chi connectivity index (χ1v) is 5.01. The fraction of sp³-hybridized carbons (Fsp3) is 0.333. The monoisotopic (exact) mass is 236 g/mol. The van der Waals surface area contributed by atoms with E-state index < -0.39 is 11.9 Å². The number of amides is 1. The van der Waals surface area contributed by atoms with Gasteiger partial charge in [0.05, 0.1) is 13.2 Å². The number of rotatable bonds is 3. The zero-order chi connectivity index (χ0) is 13.0. The number of carbonyl (C=O) groups excluding carboxylic acids is 1. The number of hydrogen-bond donors (Lipinski definition) is 0. The van der Waals surface area contributed by atoms with Crippen LogP contribution in [-0.4, -0.2) is 31.0 Å². The minimum atomic E-state index is -0.543. The van der Waals surface area contributed by atoms with Crippen LogP contribution in [-0.2, 0) is 0 Å². The number of ether oxygens (including phenoxy) is 1. The molecule has 0 aliphatic heterocycles. The Balaban J connectivity index is 3.01. The average molecular weight is 236 g/mol. The van der Waals surface area contributed by atoms with Crippen molar-refractivity contribution in [2.75, 3.05) is 14.2 Å². The zero-order valence-corrected chi connectivity index (χ0v) is 9.90. The van der Waals surface area contributed by atoms with E-state index in [2.05, 4.69) is 0 Å². The predicted octanol–water partition coefficient (Wildman–Crippen LogP) is 1.82. The van der Waals surface area contributed by atoms with Crippen molar-refractivity contribution in [1.29, 1.82) is 5.26 Å². The van der Waals surface area contributed by atoms with Crippen LogP contribution in [0.2, 0.25) is 0 Å². The van der Waals surface area contributed by atoms with Gasteiger partial charge in [-0.25, -0.2) is 4.39 Å². The second kappa shape index (κ2) is 5.30. The Bertz CT molecular complexity index is 468. The zero-order valence-electron chi connectivity index (χ0n) is 9.90. The van der Waals surface area contributed by atoms with Gasteiger partial charge in [-0.1, -0.05) is 0 Å². The Hall–Kier alpha value is -2.09. The molecule has 1 atom stereocenters. The van der Waals surface area contributed by atoms with E-state index in [0.717, 1.165) is 6.07 Å². The van der Waals surface area contributed by atoms with Gasteiger partial charge in [0.1, 0.15) is 6.04 Å². The molecule has 4 nitrogen and oxygen atoms in total. The van der Waals surface area contributed by atoms with E-state index in [4.69, 9.17) is 10.00 Å². The van der Waals surface area contributed by atoms with Crippen molar-refractivity contribution in [2.45, 2.75) is 13.0 Å². The van der Waals surface area contributed by atoms with Crippen LogP contribution in [0.4, 0.5) is 4.39 Å². The number of carbonyl (C=O) groups is 1. The summed E-state index contributed by atoms with van der Waals surface area (Å²) in [7, 11) is 2.85. The second-order valence-corrected chi connectivity index (χ2v) is 3.57. The van der Waals surface area contributed by atoms with Gasteiger partial charge in [-0.05, 0) is 25.1 Å². The van der Waals surface area contributed by atoms with Crippen LogP contribution in [0.15, 0.2) is 18.2 Å². The molecule has 1 unspecified atom stereocenters. The smallest absolute Gasteiger partial charge is 0.254 e. The van der Waals surface area contributed by atoms with Crippen LogP contribution in [0.5, 0.6) is 5.75 Å². The standard InChI is InChI=1S/C12H13FN2O2/c1-8(7-14)15(2)12(16)9-4-5-10(13)11(6-9)17-3/h4-6,8H,1-3H3. The molecule has 1 aromatic rings. The quantitative estimate of drug-likeness (QED) is 0.804. The summed E-state index contributed by atoms with van der Waals surface area (Å²) in [6, 6.07) is 5.26. The first kappa shape index (κ1) is 13.0. The minimum Gasteiger partial charge on any atom is -0.494 e. The molecule has 0 fully saturated rings. The molecular weight excluding hydrogens is 223 g/mol. The predicted molar refractivity (Wildman–Crippen MR) is 60.1 cm³/mol. The highest BCUT2D eigenvalue weighted by atomic mass is 19.1. The van der Waals surface area contributed by atoms with Crippen LogP contribution in [0.3, 0.4) is 0 Å². The second-order valence-electron chi connectivity index (χ2n) is 3.57. The number of hydrogen-bond acceptors (Lipinski definition) is 3. The Morgan fingerprint density at radius 1 is 1.59 bits per heavy atom. The third-order valence-electron chi connectivity index (χ3n) is 2.49. The van der Waals surface area contributed by atoms with Gasteiger partial charge < -0.3 is 9.64 Å². The summed E-state index contributed by atoms with van der Waals surface area (Å²) in [4.78, 5) is 13.2. The lowest BCUT2D eigenvalue weighted by molar-refractivity contribution is 0.0772. The summed E-state index contributed by atoms with van der Waals surface area (Å²) in [6.45, 7) is 1.61. The average Bonchev–Trinajstić information content (AvgIpc) is 2.36. The molecule has 1 amide bonds. The van der Waals surface area contributed by atoms with E-state index in [0.29, 0.717) is 0 Å². The summed E-state index contributed by atoms with van der Waals surface area (Å²) in [5.74, 6) is -0.869. The maximum absolute atomic E-state index is 13.2. The van der Waals surface area contributed by atoms with Crippen LogP contribution < -0.4 is 4.74 Å².